The van der Waals surface area contributed by atoms with Crippen molar-refractivity contribution in [2.24, 2.45) is 23.5 Å². The van der Waals surface area contributed by atoms with E-state index in [9.17, 15) is 4.79 Å². The molecule has 4 unspecified atom stereocenters. The highest BCUT2D eigenvalue weighted by atomic mass is 16.2. The average molecular weight is 226 g/mol. The van der Waals surface area contributed by atoms with E-state index in [4.69, 9.17) is 5.73 Å². The molecular weight excluding hydrogens is 200 g/mol. The molecular formula is C13H26N2O. The summed E-state index contributed by atoms with van der Waals surface area (Å²) >= 11 is 0. The lowest BCUT2D eigenvalue weighted by Crippen LogP contribution is -2.48. The first-order valence-electron chi connectivity index (χ1n) is 6.47. The van der Waals surface area contributed by atoms with Gasteiger partial charge >= 0.3 is 0 Å². The Morgan fingerprint density at radius 2 is 1.94 bits per heavy atom. The van der Waals surface area contributed by atoms with Crippen LogP contribution in [0.5, 0.6) is 0 Å². The van der Waals surface area contributed by atoms with Gasteiger partial charge in [0.1, 0.15) is 0 Å². The number of rotatable bonds is 3. The van der Waals surface area contributed by atoms with Crippen LogP contribution in [0.4, 0.5) is 0 Å². The van der Waals surface area contributed by atoms with Crippen molar-refractivity contribution in [2.75, 3.05) is 0 Å². The molecule has 16 heavy (non-hydrogen) atoms. The quantitative estimate of drug-likeness (QED) is 0.772. The predicted molar refractivity (Wildman–Crippen MR) is 66.9 cm³/mol. The van der Waals surface area contributed by atoms with Crippen LogP contribution in [0.1, 0.15) is 47.0 Å². The Bertz CT molecular complexity index is 240. The highest BCUT2D eigenvalue weighted by molar-refractivity contribution is 5.79. The third kappa shape index (κ3) is 3.48. The largest absolute Gasteiger partial charge is 0.353 e. The van der Waals surface area contributed by atoms with E-state index in [0.29, 0.717) is 11.8 Å². The van der Waals surface area contributed by atoms with Crippen molar-refractivity contribution in [3.8, 4) is 0 Å². The molecule has 3 N–H and O–H groups in total. The zero-order valence-electron chi connectivity index (χ0n) is 11.0. The highest BCUT2D eigenvalue weighted by Crippen LogP contribution is 2.28. The Morgan fingerprint density at radius 3 is 2.50 bits per heavy atom. The maximum Gasteiger partial charge on any atom is 0.224 e. The number of carbonyl (C=O) groups excluding carboxylic acids is 1. The van der Waals surface area contributed by atoms with Gasteiger partial charge in [-0.2, -0.15) is 0 Å². The molecule has 0 spiro atoms. The Kier molecular flexibility index (Phi) is 4.78. The Labute approximate surface area is 99.2 Å². The fourth-order valence-corrected chi connectivity index (χ4v) is 2.20. The summed E-state index contributed by atoms with van der Waals surface area (Å²) in [5, 5.41) is 3.08. The number of carbonyl (C=O) groups is 1. The van der Waals surface area contributed by atoms with Crippen LogP contribution in [0.2, 0.25) is 0 Å². The van der Waals surface area contributed by atoms with Gasteiger partial charge < -0.3 is 11.1 Å². The molecule has 94 valence electrons. The van der Waals surface area contributed by atoms with Gasteiger partial charge in [0, 0.05) is 12.1 Å². The standard InChI is InChI=1S/C13H26N2O/c1-8(2)10(4)15-13(16)11-7-9(3)5-6-12(11)14/h8-12H,5-7,14H2,1-4H3,(H,15,16). The van der Waals surface area contributed by atoms with Crippen molar-refractivity contribution >= 4 is 5.91 Å². The van der Waals surface area contributed by atoms with E-state index >= 15 is 0 Å². The summed E-state index contributed by atoms with van der Waals surface area (Å²) in [5.41, 5.74) is 6.03. The molecule has 1 fully saturated rings. The second kappa shape index (κ2) is 5.67. The van der Waals surface area contributed by atoms with Gasteiger partial charge in [-0.25, -0.2) is 0 Å². The summed E-state index contributed by atoms with van der Waals surface area (Å²) in [7, 11) is 0. The minimum Gasteiger partial charge on any atom is -0.353 e. The van der Waals surface area contributed by atoms with Crippen LogP contribution in [0.3, 0.4) is 0 Å². The fourth-order valence-electron chi connectivity index (χ4n) is 2.20. The first-order valence-corrected chi connectivity index (χ1v) is 6.47. The molecule has 0 bridgehead atoms. The van der Waals surface area contributed by atoms with Crippen molar-refractivity contribution in [1.82, 2.24) is 5.32 Å². The molecule has 0 aromatic carbocycles. The first-order chi connectivity index (χ1) is 7.41. The van der Waals surface area contributed by atoms with Crippen LogP contribution >= 0.6 is 0 Å². The Balaban J connectivity index is 2.51. The molecule has 3 nitrogen and oxygen atoms in total. The molecule has 0 aromatic heterocycles. The molecule has 1 rings (SSSR count). The Hall–Kier alpha value is -0.570. The summed E-state index contributed by atoms with van der Waals surface area (Å²) in [5.74, 6) is 1.27. The molecule has 0 aliphatic heterocycles. The maximum absolute atomic E-state index is 12.1. The molecule has 4 atom stereocenters. The van der Waals surface area contributed by atoms with Crippen LogP contribution in [0.15, 0.2) is 0 Å². The summed E-state index contributed by atoms with van der Waals surface area (Å²) in [6.45, 7) is 8.50. The van der Waals surface area contributed by atoms with Gasteiger partial charge in [-0.3, -0.25) is 4.79 Å². The van der Waals surface area contributed by atoms with Crippen molar-refractivity contribution in [3.63, 3.8) is 0 Å². The van der Waals surface area contributed by atoms with E-state index in [0.717, 1.165) is 19.3 Å². The normalized spacial score (nSPS) is 32.5. The van der Waals surface area contributed by atoms with E-state index in [1.807, 2.05) is 0 Å². The van der Waals surface area contributed by atoms with E-state index < -0.39 is 0 Å². The number of hydrogen-bond acceptors (Lipinski definition) is 2. The fraction of sp³-hybridized carbons (Fsp3) is 0.923. The second-order valence-corrected chi connectivity index (χ2v) is 5.73. The van der Waals surface area contributed by atoms with Crippen molar-refractivity contribution in [1.29, 1.82) is 0 Å². The third-order valence-corrected chi connectivity index (χ3v) is 3.87. The molecule has 0 saturated heterocycles. The number of nitrogens with one attached hydrogen (secondary N) is 1. The third-order valence-electron chi connectivity index (χ3n) is 3.87. The molecule has 1 aliphatic carbocycles. The molecule has 1 aliphatic rings. The van der Waals surface area contributed by atoms with Gasteiger partial charge in [0.15, 0.2) is 0 Å². The summed E-state index contributed by atoms with van der Waals surface area (Å²) < 4.78 is 0. The molecule has 1 saturated carbocycles. The minimum absolute atomic E-state index is 0.0185. The van der Waals surface area contributed by atoms with Gasteiger partial charge in [-0.1, -0.05) is 20.8 Å². The van der Waals surface area contributed by atoms with Crippen molar-refractivity contribution in [3.05, 3.63) is 0 Å². The average Bonchev–Trinajstić information content (AvgIpc) is 2.21. The summed E-state index contributed by atoms with van der Waals surface area (Å²) in [4.78, 5) is 12.1. The van der Waals surface area contributed by atoms with Gasteiger partial charge in [-0.15, -0.1) is 0 Å². The van der Waals surface area contributed by atoms with Crippen LogP contribution in [-0.4, -0.2) is 18.0 Å². The lowest BCUT2D eigenvalue weighted by molar-refractivity contribution is -0.127. The minimum atomic E-state index is 0.0185. The van der Waals surface area contributed by atoms with Gasteiger partial charge in [0.05, 0.1) is 5.92 Å². The van der Waals surface area contributed by atoms with E-state index in [1.54, 1.807) is 0 Å². The SMILES string of the molecule is CC1CCC(N)C(C(=O)NC(C)C(C)C)C1. The maximum atomic E-state index is 12.1. The number of hydrogen-bond donors (Lipinski definition) is 2. The zero-order valence-corrected chi connectivity index (χ0v) is 11.0. The van der Waals surface area contributed by atoms with E-state index in [-0.39, 0.29) is 23.9 Å². The van der Waals surface area contributed by atoms with Gasteiger partial charge in [-0.05, 0) is 38.0 Å². The Morgan fingerprint density at radius 1 is 1.31 bits per heavy atom. The smallest absolute Gasteiger partial charge is 0.224 e. The molecule has 0 radical (unpaired) electrons. The van der Waals surface area contributed by atoms with E-state index in [2.05, 4.69) is 33.0 Å². The number of amides is 1. The van der Waals surface area contributed by atoms with Crippen molar-refractivity contribution in [2.45, 2.75) is 59.0 Å². The molecule has 1 amide bonds. The molecule has 3 heteroatoms. The molecule has 0 aromatic rings. The van der Waals surface area contributed by atoms with Gasteiger partial charge in [0.25, 0.3) is 0 Å². The monoisotopic (exact) mass is 226 g/mol. The summed E-state index contributed by atoms with van der Waals surface area (Å²) in [6.07, 6.45) is 3.08. The molecule has 0 heterocycles. The van der Waals surface area contributed by atoms with Crippen LogP contribution in [0.25, 0.3) is 0 Å². The first kappa shape index (κ1) is 13.5. The van der Waals surface area contributed by atoms with Gasteiger partial charge in [0.2, 0.25) is 5.91 Å². The zero-order chi connectivity index (χ0) is 12.3. The predicted octanol–water partition coefficient (Wildman–Crippen LogP) is 1.91. The van der Waals surface area contributed by atoms with Crippen LogP contribution < -0.4 is 11.1 Å². The topological polar surface area (TPSA) is 55.1 Å². The lowest BCUT2D eigenvalue weighted by atomic mass is 9.78. The second-order valence-electron chi connectivity index (χ2n) is 5.73. The van der Waals surface area contributed by atoms with Crippen molar-refractivity contribution < 1.29 is 4.79 Å². The van der Waals surface area contributed by atoms with E-state index in [1.165, 1.54) is 0 Å². The number of nitrogens with two attached hydrogens (primary N) is 1. The van der Waals surface area contributed by atoms with Crippen LogP contribution in [0, 0.1) is 17.8 Å². The summed E-state index contributed by atoms with van der Waals surface area (Å²) in [6, 6.07) is 0.285. The lowest BCUT2D eigenvalue weighted by Gasteiger charge is -2.32. The highest BCUT2D eigenvalue weighted by Gasteiger charge is 2.32. The van der Waals surface area contributed by atoms with Crippen LogP contribution in [-0.2, 0) is 4.79 Å².